The Balaban J connectivity index is 1.99. The van der Waals surface area contributed by atoms with Gasteiger partial charge in [0, 0.05) is 12.7 Å². The molecule has 2 rings (SSSR count). The molecular formula is C12H13ClN4O. The van der Waals surface area contributed by atoms with Crippen LogP contribution in [-0.2, 0) is 17.9 Å². The molecule has 0 bridgehead atoms. The summed E-state index contributed by atoms with van der Waals surface area (Å²) in [5, 5.41) is 3.25. The number of aromatic nitrogens is 2. The summed E-state index contributed by atoms with van der Waals surface area (Å²) in [5.41, 5.74) is 6.79. The smallest absolute Gasteiger partial charge is 0.244 e. The van der Waals surface area contributed by atoms with E-state index in [0.717, 1.165) is 5.69 Å². The first-order valence-corrected chi connectivity index (χ1v) is 5.82. The number of hydrogen-bond acceptors (Lipinski definition) is 3. The van der Waals surface area contributed by atoms with Crippen LogP contribution < -0.4 is 11.1 Å². The van der Waals surface area contributed by atoms with Gasteiger partial charge in [-0.2, -0.15) is 0 Å². The van der Waals surface area contributed by atoms with Crippen LogP contribution in [0.15, 0.2) is 36.8 Å². The van der Waals surface area contributed by atoms with Gasteiger partial charge in [-0.15, -0.1) is 0 Å². The van der Waals surface area contributed by atoms with Crippen molar-refractivity contribution in [2.45, 2.75) is 13.1 Å². The minimum Gasteiger partial charge on any atom is -0.328 e. The molecule has 6 heteroatoms. The lowest BCUT2D eigenvalue weighted by Gasteiger charge is -2.07. The molecule has 0 atom stereocenters. The van der Waals surface area contributed by atoms with Crippen LogP contribution in [0.4, 0.5) is 5.69 Å². The fraction of sp³-hybridized carbons (Fsp3) is 0.167. The number of nitrogens with zero attached hydrogens (tertiary/aromatic N) is 2. The normalized spacial score (nSPS) is 10.3. The number of imidazole rings is 1. The number of carbonyl (C=O) groups excluding carboxylic acids is 1. The van der Waals surface area contributed by atoms with E-state index in [9.17, 15) is 4.79 Å². The van der Waals surface area contributed by atoms with Gasteiger partial charge in [0.05, 0.1) is 22.7 Å². The zero-order valence-corrected chi connectivity index (χ0v) is 10.4. The van der Waals surface area contributed by atoms with Crippen molar-refractivity contribution in [1.82, 2.24) is 9.55 Å². The van der Waals surface area contributed by atoms with Crippen molar-refractivity contribution >= 4 is 23.2 Å². The Morgan fingerprint density at radius 3 is 2.89 bits per heavy atom. The Kier molecular flexibility index (Phi) is 3.96. The molecule has 0 spiro atoms. The van der Waals surface area contributed by atoms with Gasteiger partial charge in [0.15, 0.2) is 0 Å². The highest BCUT2D eigenvalue weighted by Crippen LogP contribution is 2.20. The fourth-order valence-corrected chi connectivity index (χ4v) is 1.70. The van der Waals surface area contributed by atoms with E-state index in [1.165, 1.54) is 0 Å². The predicted molar refractivity (Wildman–Crippen MR) is 70.2 cm³/mol. The molecule has 2 aromatic rings. The first kappa shape index (κ1) is 12.6. The third-order valence-corrected chi connectivity index (χ3v) is 2.70. The van der Waals surface area contributed by atoms with Gasteiger partial charge in [-0.25, -0.2) is 4.98 Å². The summed E-state index contributed by atoms with van der Waals surface area (Å²) in [5.74, 6) is -0.163. The van der Waals surface area contributed by atoms with E-state index >= 15 is 0 Å². The number of anilines is 1. The van der Waals surface area contributed by atoms with Crippen molar-refractivity contribution in [2.75, 3.05) is 5.32 Å². The molecule has 18 heavy (non-hydrogen) atoms. The third-order valence-electron chi connectivity index (χ3n) is 2.37. The number of halogens is 1. The highest BCUT2D eigenvalue weighted by molar-refractivity contribution is 6.33. The van der Waals surface area contributed by atoms with E-state index in [4.69, 9.17) is 17.3 Å². The Hall–Kier alpha value is -1.85. The first-order chi connectivity index (χ1) is 8.69. The molecule has 1 amide bonds. The Morgan fingerprint density at radius 2 is 2.22 bits per heavy atom. The summed E-state index contributed by atoms with van der Waals surface area (Å²) < 4.78 is 1.67. The van der Waals surface area contributed by atoms with E-state index in [2.05, 4.69) is 10.3 Å². The SMILES string of the molecule is NCc1cn(CC(=O)Nc2ccccc2Cl)cn1. The van der Waals surface area contributed by atoms with Crippen LogP contribution in [0.5, 0.6) is 0 Å². The number of nitrogens with one attached hydrogen (secondary N) is 1. The minimum atomic E-state index is -0.163. The van der Waals surface area contributed by atoms with Crippen LogP contribution in [0.25, 0.3) is 0 Å². The van der Waals surface area contributed by atoms with Gasteiger partial charge in [-0.3, -0.25) is 4.79 Å². The molecule has 3 N–H and O–H groups in total. The summed E-state index contributed by atoms with van der Waals surface area (Å²) in [6, 6.07) is 7.09. The average Bonchev–Trinajstić information content (AvgIpc) is 2.80. The van der Waals surface area contributed by atoms with E-state index in [-0.39, 0.29) is 12.5 Å². The van der Waals surface area contributed by atoms with Gasteiger partial charge >= 0.3 is 0 Å². The molecule has 5 nitrogen and oxygen atoms in total. The fourth-order valence-electron chi connectivity index (χ4n) is 1.52. The Bertz CT molecular complexity index is 553. The highest BCUT2D eigenvalue weighted by atomic mass is 35.5. The second-order valence-electron chi connectivity index (χ2n) is 3.77. The van der Waals surface area contributed by atoms with Gasteiger partial charge < -0.3 is 15.6 Å². The molecule has 0 aliphatic carbocycles. The van der Waals surface area contributed by atoms with Crippen molar-refractivity contribution < 1.29 is 4.79 Å². The number of hydrogen-bond donors (Lipinski definition) is 2. The number of nitrogens with two attached hydrogens (primary N) is 1. The van der Waals surface area contributed by atoms with Crippen LogP contribution in [-0.4, -0.2) is 15.5 Å². The lowest BCUT2D eigenvalue weighted by atomic mass is 10.3. The van der Waals surface area contributed by atoms with Crippen LogP contribution in [0, 0.1) is 0 Å². The largest absolute Gasteiger partial charge is 0.328 e. The van der Waals surface area contributed by atoms with E-state index in [0.29, 0.717) is 17.3 Å². The second-order valence-corrected chi connectivity index (χ2v) is 4.18. The molecule has 0 fully saturated rings. The maximum absolute atomic E-state index is 11.8. The van der Waals surface area contributed by atoms with Gasteiger partial charge in [0.1, 0.15) is 6.54 Å². The number of para-hydroxylation sites is 1. The second kappa shape index (κ2) is 5.66. The molecule has 0 aliphatic rings. The molecule has 0 saturated heterocycles. The standard InChI is InChI=1S/C12H13ClN4O/c13-10-3-1-2-4-11(10)16-12(18)7-17-6-9(5-14)15-8-17/h1-4,6,8H,5,7,14H2,(H,16,18). The average molecular weight is 265 g/mol. The molecule has 0 unspecified atom stereocenters. The monoisotopic (exact) mass is 264 g/mol. The summed E-state index contributed by atoms with van der Waals surface area (Å²) in [7, 11) is 0. The summed E-state index contributed by atoms with van der Waals surface area (Å²) >= 11 is 5.95. The van der Waals surface area contributed by atoms with Crippen molar-refractivity contribution in [2.24, 2.45) is 5.73 Å². The summed E-state index contributed by atoms with van der Waals surface area (Å²) in [6.07, 6.45) is 3.32. The van der Waals surface area contributed by atoms with E-state index < -0.39 is 0 Å². The highest BCUT2D eigenvalue weighted by Gasteiger charge is 2.06. The first-order valence-electron chi connectivity index (χ1n) is 5.44. The molecule has 1 heterocycles. The molecule has 0 radical (unpaired) electrons. The number of rotatable bonds is 4. The van der Waals surface area contributed by atoms with Crippen LogP contribution in [0.2, 0.25) is 5.02 Å². The van der Waals surface area contributed by atoms with Gasteiger partial charge in [-0.1, -0.05) is 23.7 Å². The summed E-state index contributed by atoms with van der Waals surface area (Å²) in [6.45, 7) is 0.539. The van der Waals surface area contributed by atoms with Crippen molar-refractivity contribution in [3.8, 4) is 0 Å². The van der Waals surface area contributed by atoms with E-state index in [1.807, 2.05) is 6.07 Å². The molecular weight excluding hydrogens is 252 g/mol. The van der Waals surface area contributed by atoms with Gasteiger partial charge in [-0.05, 0) is 12.1 Å². The predicted octanol–water partition coefficient (Wildman–Crippen LogP) is 1.63. The van der Waals surface area contributed by atoms with E-state index in [1.54, 1.807) is 35.3 Å². The lowest BCUT2D eigenvalue weighted by molar-refractivity contribution is -0.116. The molecule has 0 saturated carbocycles. The quantitative estimate of drug-likeness (QED) is 0.882. The number of carbonyl (C=O) groups is 1. The minimum absolute atomic E-state index is 0.163. The van der Waals surface area contributed by atoms with Gasteiger partial charge in [0.25, 0.3) is 0 Å². The van der Waals surface area contributed by atoms with Crippen LogP contribution in [0.3, 0.4) is 0 Å². The van der Waals surface area contributed by atoms with Gasteiger partial charge in [0.2, 0.25) is 5.91 Å². The van der Waals surface area contributed by atoms with Crippen molar-refractivity contribution in [3.05, 3.63) is 47.5 Å². The molecule has 94 valence electrons. The molecule has 0 aliphatic heterocycles. The van der Waals surface area contributed by atoms with Crippen LogP contribution in [0.1, 0.15) is 5.69 Å². The Labute approximate surface area is 110 Å². The zero-order valence-electron chi connectivity index (χ0n) is 9.64. The number of amides is 1. The lowest BCUT2D eigenvalue weighted by Crippen LogP contribution is -2.18. The molecule has 1 aromatic heterocycles. The van der Waals surface area contributed by atoms with Crippen molar-refractivity contribution in [3.63, 3.8) is 0 Å². The Morgan fingerprint density at radius 1 is 1.44 bits per heavy atom. The third kappa shape index (κ3) is 3.09. The molecule has 1 aromatic carbocycles. The maximum Gasteiger partial charge on any atom is 0.244 e. The maximum atomic E-state index is 11.8. The zero-order chi connectivity index (χ0) is 13.0. The van der Waals surface area contributed by atoms with Crippen molar-refractivity contribution in [1.29, 1.82) is 0 Å². The number of benzene rings is 1. The van der Waals surface area contributed by atoms with Crippen LogP contribution >= 0.6 is 11.6 Å². The summed E-state index contributed by atoms with van der Waals surface area (Å²) in [4.78, 5) is 15.8. The topological polar surface area (TPSA) is 72.9 Å².